The van der Waals surface area contributed by atoms with Gasteiger partial charge in [0.15, 0.2) is 5.82 Å². The summed E-state index contributed by atoms with van der Waals surface area (Å²) in [7, 11) is 1.54. The van der Waals surface area contributed by atoms with Crippen LogP contribution in [0.25, 0.3) is 0 Å². The van der Waals surface area contributed by atoms with Crippen LogP contribution in [0.1, 0.15) is 37.9 Å². The molecule has 0 spiro atoms. The van der Waals surface area contributed by atoms with Gasteiger partial charge in [-0.25, -0.2) is 4.79 Å². The van der Waals surface area contributed by atoms with E-state index in [4.69, 9.17) is 15.2 Å². The summed E-state index contributed by atoms with van der Waals surface area (Å²) >= 11 is 0. The molecule has 0 saturated carbocycles. The Morgan fingerprint density at radius 3 is 2.86 bits per heavy atom. The molecule has 0 fully saturated rings. The summed E-state index contributed by atoms with van der Waals surface area (Å²) in [6.45, 7) is 6.78. The number of hydrogen-bond acceptors (Lipinski definition) is 7. The molecule has 1 atom stereocenters. The van der Waals surface area contributed by atoms with Crippen molar-refractivity contribution >= 4 is 23.3 Å². The third kappa shape index (κ3) is 4.68. The van der Waals surface area contributed by atoms with E-state index in [9.17, 15) is 9.90 Å². The molecule has 0 radical (unpaired) electrons. The first-order valence-corrected chi connectivity index (χ1v) is 9.33. The van der Waals surface area contributed by atoms with E-state index in [2.05, 4.69) is 15.3 Å². The second-order valence-electron chi connectivity index (χ2n) is 7.96. The van der Waals surface area contributed by atoms with Crippen molar-refractivity contribution in [1.82, 2.24) is 14.9 Å². The third-order valence-electron chi connectivity index (χ3n) is 4.78. The van der Waals surface area contributed by atoms with Crippen LogP contribution in [0.5, 0.6) is 5.88 Å². The molecule has 0 aromatic carbocycles. The molecule has 0 bridgehead atoms. The molecular weight excluding hydrogens is 374 g/mol. The molecule has 1 unspecified atom stereocenters. The van der Waals surface area contributed by atoms with Crippen LogP contribution in [-0.2, 0) is 11.3 Å². The SMILES string of the molecule is COc1ccc(N)c(Nc2cnc3c(c2)COCC3CN(C(=O)O)C(C)(C)C)n1. The topological polar surface area (TPSA) is 123 Å². The van der Waals surface area contributed by atoms with Crippen LogP contribution in [0.15, 0.2) is 24.4 Å². The van der Waals surface area contributed by atoms with Crippen molar-refractivity contribution in [2.45, 2.75) is 38.8 Å². The number of nitrogens with two attached hydrogens (primary N) is 1. The number of pyridine rings is 2. The summed E-state index contributed by atoms with van der Waals surface area (Å²) in [5.41, 5.74) is 8.44. The number of nitrogen functional groups attached to an aromatic ring is 1. The van der Waals surface area contributed by atoms with Crippen molar-refractivity contribution in [3.05, 3.63) is 35.7 Å². The highest BCUT2D eigenvalue weighted by atomic mass is 16.5. The smallest absolute Gasteiger partial charge is 0.407 e. The van der Waals surface area contributed by atoms with Crippen LogP contribution in [0.3, 0.4) is 0 Å². The van der Waals surface area contributed by atoms with Gasteiger partial charge in [-0.05, 0) is 32.9 Å². The van der Waals surface area contributed by atoms with Crippen molar-refractivity contribution in [2.24, 2.45) is 0 Å². The largest absolute Gasteiger partial charge is 0.481 e. The summed E-state index contributed by atoms with van der Waals surface area (Å²) in [5, 5.41) is 12.7. The number of ether oxygens (including phenoxy) is 2. The Hall–Kier alpha value is -3.07. The maximum atomic E-state index is 11.7. The van der Waals surface area contributed by atoms with Gasteiger partial charge in [0.1, 0.15) is 0 Å². The van der Waals surface area contributed by atoms with Crippen molar-refractivity contribution in [3.63, 3.8) is 0 Å². The number of carbonyl (C=O) groups is 1. The lowest BCUT2D eigenvalue weighted by molar-refractivity contribution is 0.0554. The number of anilines is 3. The lowest BCUT2D eigenvalue weighted by atomic mass is 9.95. The van der Waals surface area contributed by atoms with Gasteiger partial charge in [-0.1, -0.05) is 0 Å². The number of carboxylic acid groups (broad SMARTS) is 1. The number of amides is 1. The van der Waals surface area contributed by atoms with Gasteiger partial charge in [0.2, 0.25) is 5.88 Å². The van der Waals surface area contributed by atoms with E-state index in [0.29, 0.717) is 42.8 Å². The standard InChI is InChI=1S/C20H27N5O4/c1-20(2,3)25(19(26)27)9-13-11-29-10-12-7-14(8-22-17(12)13)23-18-15(21)5-6-16(24-18)28-4/h5-8,13H,9-11,21H2,1-4H3,(H,23,24)(H,26,27). The lowest BCUT2D eigenvalue weighted by Gasteiger charge is -2.37. The average molecular weight is 401 g/mol. The summed E-state index contributed by atoms with van der Waals surface area (Å²) < 4.78 is 10.9. The van der Waals surface area contributed by atoms with Crippen LogP contribution < -0.4 is 15.8 Å². The normalized spacial score (nSPS) is 16.1. The van der Waals surface area contributed by atoms with E-state index in [0.717, 1.165) is 11.3 Å². The highest BCUT2D eigenvalue weighted by Crippen LogP contribution is 2.31. The molecule has 2 aromatic rings. The first-order valence-electron chi connectivity index (χ1n) is 9.33. The van der Waals surface area contributed by atoms with Crippen LogP contribution in [0, 0.1) is 0 Å². The van der Waals surface area contributed by atoms with Crippen LogP contribution >= 0.6 is 0 Å². The predicted octanol–water partition coefficient (Wildman–Crippen LogP) is 3.20. The summed E-state index contributed by atoms with van der Waals surface area (Å²) in [4.78, 5) is 22.0. The van der Waals surface area contributed by atoms with Gasteiger partial charge >= 0.3 is 6.09 Å². The Kier molecular flexibility index (Phi) is 5.78. The Labute approximate surface area is 169 Å². The fraction of sp³-hybridized carbons (Fsp3) is 0.450. The number of hydrogen-bond donors (Lipinski definition) is 3. The predicted molar refractivity (Wildman–Crippen MR) is 110 cm³/mol. The Morgan fingerprint density at radius 1 is 1.45 bits per heavy atom. The molecule has 1 aliphatic rings. The Morgan fingerprint density at radius 2 is 2.21 bits per heavy atom. The first kappa shape index (κ1) is 20.7. The summed E-state index contributed by atoms with van der Waals surface area (Å²) in [5.74, 6) is 0.791. The average Bonchev–Trinajstić information content (AvgIpc) is 2.66. The fourth-order valence-corrected chi connectivity index (χ4v) is 3.26. The van der Waals surface area contributed by atoms with E-state index < -0.39 is 11.6 Å². The molecule has 4 N–H and O–H groups in total. The fourth-order valence-electron chi connectivity index (χ4n) is 3.26. The number of methoxy groups -OCH3 is 1. The zero-order valence-corrected chi connectivity index (χ0v) is 17.1. The number of aromatic nitrogens is 2. The van der Waals surface area contributed by atoms with Crippen molar-refractivity contribution in [1.29, 1.82) is 0 Å². The molecule has 156 valence electrons. The number of nitrogens with zero attached hydrogens (tertiary/aromatic N) is 3. The van der Waals surface area contributed by atoms with Gasteiger partial charge in [-0.3, -0.25) is 4.98 Å². The highest BCUT2D eigenvalue weighted by Gasteiger charge is 2.32. The number of nitrogens with one attached hydrogen (secondary N) is 1. The van der Waals surface area contributed by atoms with E-state index in [1.807, 2.05) is 26.8 Å². The zero-order chi connectivity index (χ0) is 21.2. The number of rotatable bonds is 5. The van der Waals surface area contributed by atoms with Crippen LogP contribution in [0.4, 0.5) is 22.0 Å². The minimum Gasteiger partial charge on any atom is -0.481 e. The van der Waals surface area contributed by atoms with Gasteiger partial charge in [0, 0.05) is 29.6 Å². The van der Waals surface area contributed by atoms with Crippen molar-refractivity contribution in [3.8, 4) is 5.88 Å². The Bertz CT molecular complexity index is 897. The zero-order valence-electron chi connectivity index (χ0n) is 17.1. The monoisotopic (exact) mass is 401 g/mol. The quantitative estimate of drug-likeness (QED) is 0.698. The molecule has 9 heteroatoms. The molecule has 0 saturated heterocycles. The molecule has 1 amide bonds. The minimum atomic E-state index is -0.956. The molecule has 1 aliphatic heterocycles. The second-order valence-corrected chi connectivity index (χ2v) is 7.96. The van der Waals surface area contributed by atoms with Crippen LogP contribution in [0.2, 0.25) is 0 Å². The second kappa shape index (κ2) is 8.12. The maximum Gasteiger partial charge on any atom is 0.407 e. The highest BCUT2D eigenvalue weighted by molar-refractivity contribution is 5.69. The summed E-state index contributed by atoms with van der Waals surface area (Å²) in [6.07, 6.45) is 0.738. The van der Waals surface area contributed by atoms with Gasteiger partial charge in [-0.2, -0.15) is 4.98 Å². The maximum absolute atomic E-state index is 11.7. The van der Waals surface area contributed by atoms with E-state index in [1.54, 1.807) is 18.3 Å². The van der Waals surface area contributed by atoms with E-state index >= 15 is 0 Å². The van der Waals surface area contributed by atoms with Crippen molar-refractivity contribution < 1.29 is 19.4 Å². The summed E-state index contributed by atoms with van der Waals surface area (Å²) in [6, 6.07) is 5.33. The molecule has 3 heterocycles. The van der Waals surface area contributed by atoms with Gasteiger partial charge in [-0.15, -0.1) is 0 Å². The molecule has 29 heavy (non-hydrogen) atoms. The Balaban J connectivity index is 1.83. The molecule has 9 nitrogen and oxygen atoms in total. The van der Waals surface area contributed by atoms with Crippen molar-refractivity contribution in [2.75, 3.05) is 31.3 Å². The van der Waals surface area contributed by atoms with Gasteiger partial charge in [0.05, 0.1) is 43.6 Å². The van der Waals surface area contributed by atoms with Crippen LogP contribution in [-0.4, -0.2) is 51.9 Å². The first-order chi connectivity index (χ1) is 13.7. The minimum absolute atomic E-state index is 0.136. The number of fused-ring (bicyclic) bond motifs is 1. The lowest BCUT2D eigenvalue weighted by Crippen LogP contribution is -2.48. The third-order valence-corrected chi connectivity index (χ3v) is 4.78. The van der Waals surface area contributed by atoms with E-state index in [-0.39, 0.29) is 5.92 Å². The van der Waals surface area contributed by atoms with E-state index in [1.165, 1.54) is 12.0 Å². The van der Waals surface area contributed by atoms with Gasteiger partial charge in [0.25, 0.3) is 0 Å². The molecule has 2 aromatic heterocycles. The molecular formula is C20H27N5O4. The molecule has 0 aliphatic carbocycles. The van der Waals surface area contributed by atoms with Gasteiger partial charge < -0.3 is 30.5 Å². The molecule has 3 rings (SSSR count).